The third kappa shape index (κ3) is 3.03. The van der Waals surface area contributed by atoms with Crippen molar-refractivity contribution in [2.45, 2.75) is 13.8 Å². The Balaban J connectivity index is 4.26. The predicted molar refractivity (Wildman–Crippen MR) is 61.8 cm³/mol. The van der Waals surface area contributed by atoms with Gasteiger partial charge < -0.3 is 9.80 Å². The molecular formula is C8H16N2S2. The quantitative estimate of drug-likeness (QED) is 0.629. The maximum atomic E-state index is 5.22. The lowest BCUT2D eigenvalue weighted by atomic mass is 10.4. The van der Waals surface area contributed by atoms with Crippen LogP contribution in [0.5, 0.6) is 0 Å². The smallest absolute Gasteiger partial charge is 0.136 e. The Morgan fingerprint density at radius 3 is 1.67 bits per heavy atom. The zero-order valence-corrected chi connectivity index (χ0v) is 9.76. The summed E-state index contributed by atoms with van der Waals surface area (Å²) in [6.45, 7) is 5.99. The lowest BCUT2D eigenvalue weighted by Gasteiger charge is -2.25. The van der Waals surface area contributed by atoms with Crippen molar-refractivity contribution in [1.82, 2.24) is 9.80 Å². The largest absolute Gasteiger partial charge is 0.367 e. The molecule has 0 fully saturated rings. The van der Waals surface area contributed by atoms with E-state index in [-0.39, 0.29) is 0 Å². The third-order valence-electron chi connectivity index (χ3n) is 1.64. The molecule has 0 amide bonds. The van der Waals surface area contributed by atoms with Crippen molar-refractivity contribution >= 4 is 34.4 Å². The summed E-state index contributed by atoms with van der Waals surface area (Å²) in [6.07, 6.45) is 0. The number of rotatable bonds is 2. The van der Waals surface area contributed by atoms with Crippen LogP contribution >= 0.6 is 24.4 Å². The van der Waals surface area contributed by atoms with Crippen LogP contribution in [0.3, 0.4) is 0 Å². The van der Waals surface area contributed by atoms with Crippen molar-refractivity contribution < 1.29 is 0 Å². The van der Waals surface area contributed by atoms with Crippen LogP contribution in [-0.2, 0) is 0 Å². The maximum Gasteiger partial charge on any atom is 0.136 e. The Morgan fingerprint density at radius 2 is 1.42 bits per heavy atom. The van der Waals surface area contributed by atoms with Crippen molar-refractivity contribution in [3.8, 4) is 0 Å². The van der Waals surface area contributed by atoms with Crippen molar-refractivity contribution in [3.63, 3.8) is 0 Å². The summed E-state index contributed by atoms with van der Waals surface area (Å²) in [5.74, 6) is 0. The second kappa shape index (κ2) is 5.43. The van der Waals surface area contributed by atoms with Gasteiger partial charge in [0.2, 0.25) is 0 Å². The Bertz CT molecular complexity index is 174. The first kappa shape index (κ1) is 11.8. The summed E-state index contributed by atoms with van der Waals surface area (Å²) in [5.41, 5.74) is 0. The predicted octanol–water partition coefficient (Wildman–Crippen LogP) is 1.54. The van der Waals surface area contributed by atoms with Gasteiger partial charge in [0.1, 0.15) is 9.98 Å². The van der Waals surface area contributed by atoms with Crippen molar-refractivity contribution in [2.75, 3.05) is 27.2 Å². The molecule has 0 N–H and O–H groups in total. The van der Waals surface area contributed by atoms with Gasteiger partial charge in [-0.2, -0.15) is 0 Å². The zero-order valence-electron chi connectivity index (χ0n) is 8.13. The topological polar surface area (TPSA) is 6.48 Å². The van der Waals surface area contributed by atoms with Gasteiger partial charge in [0.05, 0.1) is 0 Å². The molecule has 2 nitrogen and oxygen atoms in total. The van der Waals surface area contributed by atoms with Gasteiger partial charge in [-0.05, 0) is 13.8 Å². The second-order valence-corrected chi connectivity index (χ2v) is 3.45. The summed E-state index contributed by atoms with van der Waals surface area (Å²) in [6, 6.07) is 0. The van der Waals surface area contributed by atoms with Gasteiger partial charge in [0.15, 0.2) is 0 Å². The van der Waals surface area contributed by atoms with Crippen LogP contribution in [0.1, 0.15) is 13.8 Å². The van der Waals surface area contributed by atoms with Gasteiger partial charge in [-0.1, -0.05) is 24.4 Å². The highest BCUT2D eigenvalue weighted by Gasteiger charge is 2.11. The molecule has 0 aliphatic rings. The minimum atomic E-state index is 0.744. The van der Waals surface area contributed by atoms with Gasteiger partial charge in [0.25, 0.3) is 0 Å². The normalized spacial score (nSPS) is 9.33. The molecule has 0 spiro atoms. The first-order valence-corrected chi connectivity index (χ1v) is 4.86. The Labute approximate surface area is 85.5 Å². The van der Waals surface area contributed by atoms with E-state index in [2.05, 4.69) is 18.7 Å². The molecule has 12 heavy (non-hydrogen) atoms. The third-order valence-corrected chi connectivity index (χ3v) is 2.78. The minimum Gasteiger partial charge on any atom is -0.367 e. The van der Waals surface area contributed by atoms with E-state index in [9.17, 15) is 0 Å². The van der Waals surface area contributed by atoms with Gasteiger partial charge in [-0.15, -0.1) is 0 Å². The summed E-state index contributed by atoms with van der Waals surface area (Å²) in [4.78, 5) is 5.47. The summed E-state index contributed by atoms with van der Waals surface area (Å²) in [7, 11) is 3.83. The second-order valence-electron chi connectivity index (χ2n) is 2.68. The number of thiocarbonyl (C=S) groups is 2. The number of hydrogen-bond donors (Lipinski definition) is 0. The lowest BCUT2D eigenvalue weighted by molar-refractivity contribution is 0.474. The van der Waals surface area contributed by atoms with E-state index >= 15 is 0 Å². The fourth-order valence-electron chi connectivity index (χ4n) is 0.837. The van der Waals surface area contributed by atoms with Crippen LogP contribution < -0.4 is 0 Å². The van der Waals surface area contributed by atoms with E-state index in [1.165, 1.54) is 0 Å². The number of nitrogens with zero attached hydrogens (tertiary/aromatic N) is 2. The molecule has 0 heterocycles. The van der Waals surface area contributed by atoms with Crippen LogP contribution in [0, 0.1) is 0 Å². The highest BCUT2D eigenvalue weighted by molar-refractivity contribution is 7.89. The van der Waals surface area contributed by atoms with Crippen LogP contribution in [0.2, 0.25) is 0 Å². The molecule has 4 heteroatoms. The Hall–Kier alpha value is -0.220. The van der Waals surface area contributed by atoms with Gasteiger partial charge in [0, 0.05) is 27.2 Å². The first-order chi connectivity index (χ1) is 5.54. The highest BCUT2D eigenvalue weighted by Crippen LogP contribution is 1.97. The first-order valence-electron chi connectivity index (χ1n) is 4.05. The van der Waals surface area contributed by atoms with E-state index in [0.29, 0.717) is 0 Å². The molecule has 0 atom stereocenters. The number of likely N-dealkylation sites (N-methyl/N-ethyl adjacent to an activating group) is 2. The van der Waals surface area contributed by atoms with Crippen molar-refractivity contribution in [2.24, 2.45) is 0 Å². The minimum absolute atomic E-state index is 0.744. The van der Waals surface area contributed by atoms with E-state index in [0.717, 1.165) is 23.1 Å². The molecule has 0 unspecified atom stereocenters. The molecule has 0 rings (SSSR count). The maximum absolute atomic E-state index is 5.22. The fraction of sp³-hybridized carbons (Fsp3) is 0.750. The zero-order chi connectivity index (χ0) is 9.72. The molecule has 0 aromatic carbocycles. The molecular weight excluding hydrogens is 188 g/mol. The molecule has 0 aromatic heterocycles. The summed E-state index contributed by atoms with van der Waals surface area (Å²) < 4.78 is 0. The summed E-state index contributed by atoms with van der Waals surface area (Å²) >= 11 is 10.4. The fourth-order valence-corrected chi connectivity index (χ4v) is 1.41. The molecule has 0 aromatic rings. The van der Waals surface area contributed by atoms with Crippen LogP contribution in [0.15, 0.2) is 0 Å². The summed E-state index contributed by atoms with van der Waals surface area (Å²) in [5, 5.41) is 0. The van der Waals surface area contributed by atoms with Crippen LogP contribution in [0.4, 0.5) is 0 Å². The number of hydrogen-bond acceptors (Lipinski definition) is 2. The molecule has 0 saturated heterocycles. The molecule has 0 saturated carbocycles. The van der Waals surface area contributed by atoms with Crippen LogP contribution in [0.25, 0.3) is 0 Å². The molecule has 70 valence electrons. The highest BCUT2D eigenvalue weighted by atomic mass is 32.1. The average Bonchev–Trinajstić information content (AvgIpc) is 2.05. The Morgan fingerprint density at radius 1 is 1.00 bits per heavy atom. The van der Waals surface area contributed by atoms with Gasteiger partial charge >= 0.3 is 0 Å². The van der Waals surface area contributed by atoms with Crippen molar-refractivity contribution in [1.29, 1.82) is 0 Å². The van der Waals surface area contributed by atoms with Crippen molar-refractivity contribution in [3.05, 3.63) is 0 Å². The molecule has 0 radical (unpaired) electrons. The molecule has 0 aliphatic heterocycles. The van der Waals surface area contributed by atoms with E-state index in [1.807, 2.05) is 19.0 Å². The standard InChI is InChI=1S/C8H16N2S2/c1-5-10(6-2)8(12)7(11)9(3)4/h5-6H2,1-4H3. The SMILES string of the molecule is CCN(CC)C(=S)C(=S)N(C)C. The van der Waals surface area contributed by atoms with E-state index < -0.39 is 0 Å². The van der Waals surface area contributed by atoms with Crippen LogP contribution in [-0.4, -0.2) is 47.0 Å². The average molecular weight is 204 g/mol. The van der Waals surface area contributed by atoms with Gasteiger partial charge in [-0.3, -0.25) is 0 Å². The van der Waals surface area contributed by atoms with E-state index in [1.54, 1.807) is 0 Å². The Kier molecular flexibility index (Phi) is 5.33. The monoisotopic (exact) mass is 204 g/mol. The molecule has 0 bridgehead atoms. The lowest BCUT2D eigenvalue weighted by Crippen LogP contribution is -2.39. The van der Waals surface area contributed by atoms with Gasteiger partial charge in [-0.25, -0.2) is 0 Å². The molecule has 0 aliphatic carbocycles. The van der Waals surface area contributed by atoms with E-state index in [4.69, 9.17) is 24.4 Å².